The summed E-state index contributed by atoms with van der Waals surface area (Å²) in [6, 6.07) is 5.83. The second-order valence-electron chi connectivity index (χ2n) is 6.68. The average molecular weight is 331 g/mol. The van der Waals surface area contributed by atoms with E-state index < -0.39 is 5.54 Å². The summed E-state index contributed by atoms with van der Waals surface area (Å²) in [6.07, 6.45) is 1.29. The van der Waals surface area contributed by atoms with Gasteiger partial charge in [0.25, 0.3) is 5.91 Å². The molecule has 1 spiro atoms. The van der Waals surface area contributed by atoms with Crippen LogP contribution in [-0.4, -0.2) is 55.0 Å². The molecule has 3 rings (SSSR count). The third kappa shape index (κ3) is 3.38. The fourth-order valence-corrected chi connectivity index (χ4v) is 3.31. The zero-order valence-electron chi connectivity index (χ0n) is 14.4. The van der Waals surface area contributed by atoms with Gasteiger partial charge in [0.1, 0.15) is 11.3 Å². The zero-order valence-corrected chi connectivity index (χ0v) is 14.4. The van der Waals surface area contributed by atoms with Crippen LogP contribution in [0.2, 0.25) is 0 Å². The average Bonchev–Trinajstić information content (AvgIpc) is 2.59. The van der Waals surface area contributed by atoms with Crippen LogP contribution in [0.4, 0.5) is 0 Å². The van der Waals surface area contributed by atoms with Crippen LogP contribution in [0.15, 0.2) is 18.2 Å². The number of ether oxygens (including phenoxy) is 1. The SMILES string of the molecule is Cc1ccc(OCC(=O)N2CCC3(CC2)NCCNC3=O)cc1C. The number of piperazine rings is 1. The minimum Gasteiger partial charge on any atom is -0.484 e. The Morgan fingerprint density at radius 3 is 2.62 bits per heavy atom. The molecule has 2 saturated heterocycles. The molecule has 2 fully saturated rings. The smallest absolute Gasteiger partial charge is 0.260 e. The van der Waals surface area contributed by atoms with Crippen LogP contribution in [0.3, 0.4) is 0 Å². The molecular formula is C18H25N3O3. The molecule has 130 valence electrons. The first-order valence-corrected chi connectivity index (χ1v) is 8.51. The number of likely N-dealkylation sites (tertiary alicyclic amines) is 1. The summed E-state index contributed by atoms with van der Waals surface area (Å²) >= 11 is 0. The van der Waals surface area contributed by atoms with E-state index in [-0.39, 0.29) is 18.4 Å². The first-order valence-electron chi connectivity index (χ1n) is 8.51. The van der Waals surface area contributed by atoms with Crippen molar-refractivity contribution < 1.29 is 14.3 Å². The van der Waals surface area contributed by atoms with Crippen molar-refractivity contribution >= 4 is 11.8 Å². The lowest BCUT2D eigenvalue weighted by Crippen LogP contribution is -2.67. The number of aryl methyl sites for hydroxylation is 2. The lowest BCUT2D eigenvalue weighted by atomic mass is 9.85. The van der Waals surface area contributed by atoms with Gasteiger partial charge < -0.3 is 20.3 Å². The molecule has 2 N–H and O–H groups in total. The van der Waals surface area contributed by atoms with Gasteiger partial charge in [0.2, 0.25) is 5.91 Å². The maximum absolute atomic E-state index is 12.4. The van der Waals surface area contributed by atoms with Crippen molar-refractivity contribution in [2.75, 3.05) is 32.8 Å². The summed E-state index contributed by atoms with van der Waals surface area (Å²) < 4.78 is 5.63. The lowest BCUT2D eigenvalue weighted by molar-refractivity contribution is -0.139. The van der Waals surface area contributed by atoms with Crippen LogP contribution in [0.5, 0.6) is 5.75 Å². The molecule has 2 aliphatic heterocycles. The molecule has 0 unspecified atom stereocenters. The lowest BCUT2D eigenvalue weighted by Gasteiger charge is -2.43. The number of nitrogens with zero attached hydrogens (tertiary/aromatic N) is 1. The van der Waals surface area contributed by atoms with E-state index in [1.165, 1.54) is 5.56 Å². The van der Waals surface area contributed by atoms with Crippen molar-refractivity contribution in [2.45, 2.75) is 32.2 Å². The van der Waals surface area contributed by atoms with Gasteiger partial charge in [0.15, 0.2) is 6.61 Å². The number of benzene rings is 1. The predicted octanol–water partition coefficient (Wildman–Crippen LogP) is 0.763. The molecule has 0 radical (unpaired) electrons. The number of amides is 2. The maximum atomic E-state index is 12.4. The molecular weight excluding hydrogens is 306 g/mol. The van der Waals surface area contributed by atoms with Gasteiger partial charge >= 0.3 is 0 Å². The summed E-state index contributed by atoms with van der Waals surface area (Å²) in [5, 5.41) is 6.25. The van der Waals surface area contributed by atoms with E-state index in [0.29, 0.717) is 38.2 Å². The number of rotatable bonds is 3. The molecule has 2 heterocycles. The molecule has 2 amide bonds. The van der Waals surface area contributed by atoms with E-state index in [4.69, 9.17) is 4.74 Å². The number of carbonyl (C=O) groups excluding carboxylic acids is 2. The molecule has 6 nitrogen and oxygen atoms in total. The molecule has 0 aliphatic carbocycles. The standard InChI is InChI=1S/C18H25N3O3/c1-13-3-4-15(11-14(13)2)24-12-16(22)21-9-5-18(6-10-21)17(23)19-7-8-20-18/h3-4,11,20H,5-10,12H2,1-2H3,(H,19,23). The number of hydrogen-bond donors (Lipinski definition) is 2. The quantitative estimate of drug-likeness (QED) is 0.858. The second kappa shape index (κ2) is 6.81. The molecule has 1 aromatic carbocycles. The highest BCUT2D eigenvalue weighted by Crippen LogP contribution is 2.24. The van der Waals surface area contributed by atoms with Crippen LogP contribution in [0.1, 0.15) is 24.0 Å². The van der Waals surface area contributed by atoms with Crippen molar-refractivity contribution in [3.8, 4) is 5.75 Å². The third-order valence-electron chi connectivity index (χ3n) is 5.12. The fourth-order valence-electron chi connectivity index (χ4n) is 3.31. The van der Waals surface area contributed by atoms with E-state index >= 15 is 0 Å². The highest BCUT2D eigenvalue weighted by Gasteiger charge is 2.43. The Morgan fingerprint density at radius 2 is 1.96 bits per heavy atom. The maximum Gasteiger partial charge on any atom is 0.260 e. The summed E-state index contributed by atoms with van der Waals surface area (Å²) in [7, 11) is 0. The van der Waals surface area contributed by atoms with Gasteiger partial charge in [-0.1, -0.05) is 6.07 Å². The highest BCUT2D eigenvalue weighted by molar-refractivity contribution is 5.87. The van der Waals surface area contributed by atoms with E-state index in [0.717, 1.165) is 12.1 Å². The molecule has 0 bridgehead atoms. The largest absolute Gasteiger partial charge is 0.484 e. The van der Waals surface area contributed by atoms with Crippen molar-refractivity contribution in [3.63, 3.8) is 0 Å². The Morgan fingerprint density at radius 1 is 1.21 bits per heavy atom. The number of piperidine rings is 1. The topological polar surface area (TPSA) is 70.7 Å². The van der Waals surface area contributed by atoms with Gasteiger partial charge in [-0.2, -0.15) is 0 Å². The van der Waals surface area contributed by atoms with Crippen molar-refractivity contribution in [2.24, 2.45) is 0 Å². The third-order valence-corrected chi connectivity index (χ3v) is 5.12. The van der Waals surface area contributed by atoms with Crippen molar-refractivity contribution in [1.82, 2.24) is 15.5 Å². The van der Waals surface area contributed by atoms with E-state index in [1.807, 2.05) is 32.0 Å². The predicted molar refractivity (Wildman–Crippen MR) is 91.0 cm³/mol. The first-order chi connectivity index (χ1) is 11.5. The summed E-state index contributed by atoms with van der Waals surface area (Å²) in [4.78, 5) is 26.3. The van der Waals surface area contributed by atoms with E-state index in [9.17, 15) is 9.59 Å². The molecule has 2 aliphatic rings. The molecule has 24 heavy (non-hydrogen) atoms. The van der Waals surface area contributed by atoms with Crippen LogP contribution in [0, 0.1) is 13.8 Å². The fraction of sp³-hybridized carbons (Fsp3) is 0.556. The highest BCUT2D eigenvalue weighted by atomic mass is 16.5. The van der Waals surface area contributed by atoms with Crippen molar-refractivity contribution in [1.29, 1.82) is 0 Å². The second-order valence-corrected chi connectivity index (χ2v) is 6.68. The number of hydrogen-bond acceptors (Lipinski definition) is 4. The van der Waals surface area contributed by atoms with E-state index in [2.05, 4.69) is 10.6 Å². The first kappa shape index (κ1) is 16.8. The molecule has 6 heteroatoms. The minimum atomic E-state index is -0.496. The minimum absolute atomic E-state index is 0.0284. The van der Waals surface area contributed by atoms with Gasteiger partial charge in [0.05, 0.1) is 0 Å². The van der Waals surface area contributed by atoms with Gasteiger partial charge in [-0.25, -0.2) is 0 Å². The molecule has 0 atom stereocenters. The van der Waals surface area contributed by atoms with Gasteiger partial charge in [0, 0.05) is 26.2 Å². The Labute approximate surface area is 142 Å². The Balaban J connectivity index is 1.51. The molecule has 0 saturated carbocycles. The van der Waals surface area contributed by atoms with Crippen LogP contribution >= 0.6 is 0 Å². The summed E-state index contributed by atoms with van der Waals surface area (Å²) in [5.41, 5.74) is 1.85. The summed E-state index contributed by atoms with van der Waals surface area (Å²) in [5.74, 6) is 0.750. The van der Waals surface area contributed by atoms with Gasteiger partial charge in [-0.15, -0.1) is 0 Å². The molecule has 0 aromatic heterocycles. The van der Waals surface area contributed by atoms with Crippen molar-refractivity contribution in [3.05, 3.63) is 29.3 Å². The molecule has 1 aromatic rings. The van der Waals surface area contributed by atoms with Gasteiger partial charge in [-0.05, 0) is 49.9 Å². The van der Waals surface area contributed by atoms with Crippen LogP contribution in [-0.2, 0) is 9.59 Å². The number of nitrogens with one attached hydrogen (secondary N) is 2. The van der Waals surface area contributed by atoms with Crippen LogP contribution < -0.4 is 15.4 Å². The monoisotopic (exact) mass is 331 g/mol. The van der Waals surface area contributed by atoms with Crippen LogP contribution in [0.25, 0.3) is 0 Å². The number of carbonyl (C=O) groups is 2. The normalized spacial score (nSPS) is 19.9. The Hall–Kier alpha value is -2.08. The Kier molecular flexibility index (Phi) is 4.76. The summed E-state index contributed by atoms with van der Waals surface area (Å²) in [6.45, 7) is 6.72. The van der Waals surface area contributed by atoms with E-state index in [1.54, 1.807) is 4.90 Å². The van der Waals surface area contributed by atoms with Gasteiger partial charge in [-0.3, -0.25) is 9.59 Å². The Bertz CT molecular complexity index is 636. The zero-order chi connectivity index (χ0) is 17.2.